The molecule has 1 aliphatic heterocycles. The van der Waals surface area contributed by atoms with Gasteiger partial charge in [0.2, 0.25) is 0 Å². The van der Waals surface area contributed by atoms with E-state index in [9.17, 15) is 0 Å². The van der Waals surface area contributed by atoms with E-state index >= 15 is 0 Å². The van der Waals surface area contributed by atoms with Crippen molar-refractivity contribution in [3.05, 3.63) is 53.9 Å². The van der Waals surface area contributed by atoms with E-state index in [1.807, 2.05) is 24.4 Å². The van der Waals surface area contributed by atoms with Crippen LogP contribution in [0.2, 0.25) is 0 Å². The van der Waals surface area contributed by atoms with Crippen LogP contribution in [0.1, 0.15) is 24.1 Å². The number of benzene rings is 1. The number of aromatic nitrogens is 1. The number of guanidine groups is 1. The van der Waals surface area contributed by atoms with E-state index in [2.05, 4.69) is 50.6 Å². The molecule has 152 valence electrons. The number of halogens is 1. The van der Waals surface area contributed by atoms with Crippen molar-refractivity contribution in [2.75, 3.05) is 32.1 Å². The number of aliphatic imine (C=N–C) groups is 1. The summed E-state index contributed by atoms with van der Waals surface area (Å²) in [6.07, 6.45) is 4.08. The maximum atomic E-state index is 5.53. The summed E-state index contributed by atoms with van der Waals surface area (Å²) >= 11 is 0. The number of hydrogen-bond donors (Lipinski definition) is 2. The van der Waals surface area contributed by atoms with E-state index in [4.69, 9.17) is 4.74 Å². The Hall–Kier alpha value is -2.03. The summed E-state index contributed by atoms with van der Waals surface area (Å²) in [6, 6.07) is 12.6. The molecule has 7 heteroatoms. The lowest BCUT2D eigenvalue weighted by Gasteiger charge is -2.36. The number of pyridine rings is 1. The third kappa shape index (κ3) is 5.73. The highest BCUT2D eigenvalue weighted by Gasteiger charge is 2.22. The largest absolute Gasteiger partial charge is 0.495 e. The lowest BCUT2D eigenvalue weighted by molar-refractivity contribution is 0.408. The highest BCUT2D eigenvalue weighted by atomic mass is 127. The lowest BCUT2D eigenvalue weighted by Crippen LogP contribution is -2.51. The minimum Gasteiger partial charge on any atom is -0.495 e. The molecule has 1 aromatic carbocycles. The molecule has 0 bridgehead atoms. The van der Waals surface area contributed by atoms with E-state index in [-0.39, 0.29) is 24.0 Å². The van der Waals surface area contributed by atoms with Gasteiger partial charge in [-0.15, -0.1) is 24.0 Å². The highest BCUT2D eigenvalue weighted by molar-refractivity contribution is 14.0. The molecule has 1 unspecified atom stereocenters. The predicted octanol–water partition coefficient (Wildman–Crippen LogP) is 3.35. The molecule has 1 aliphatic rings. The van der Waals surface area contributed by atoms with Crippen LogP contribution >= 0.6 is 24.0 Å². The number of rotatable bonds is 5. The topological polar surface area (TPSA) is 61.8 Å². The van der Waals surface area contributed by atoms with Gasteiger partial charge >= 0.3 is 0 Å². The van der Waals surface area contributed by atoms with Gasteiger partial charge in [-0.25, -0.2) is 0 Å². The molecule has 1 saturated heterocycles. The molecule has 0 amide bonds. The van der Waals surface area contributed by atoms with Gasteiger partial charge in [-0.2, -0.15) is 0 Å². The Bertz CT molecular complexity index is 783. The van der Waals surface area contributed by atoms with Crippen LogP contribution in [0.5, 0.6) is 5.75 Å². The second kappa shape index (κ2) is 11.1. The fourth-order valence-corrected chi connectivity index (χ4v) is 3.46. The number of nitrogens with one attached hydrogen (secondary N) is 2. The van der Waals surface area contributed by atoms with Crippen molar-refractivity contribution in [2.45, 2.75) is 32.4 Å². The molecule has 2 heterocycles. The number of piperidine rings is 1. The Labute approximate surface area is 184 Å². The van der Waals surface area contributed by atoms with Crippen LogP contribution in [0.3, 0.4) is 0 Å². The molecule has 0 spiro atoms. The van der Waals surface area contributed by atoms with E-state index in [0.717, 1.165) is 49.0 Å². The molecule has 2 aromatic rings. The van der Waals surface area contributed by atoms with Crippen molar-refractivity contribution in [3.8, 4) is 5.75 Å². The van der Waals surface area contributed by atoms with Gasteiger partial charge in [0.1, 0.15) is 5.75 Å². The molecular weight excluding hydrogens is 465 g/mol. The van der Waals surface area contributed by atoms with Gasteiger partial charge < -0.3 is 20.3 Å². The summed E-state index contributed by atoms with van der Waals surface area (Å²) in [5.41, 5.74) is 3.37. The molecule has 28 heavy (non-hydrogen) atoms. The standard InChI is InChI=1S/C21H29N5O.HI/c1-16-8-6-12-23-18(16)14-24-21(22-2)25-17-9-7-13-26(15-17)19-10-4-5-11-20(19)27-3;/h4-6,8,10-12,17H,7,9,13-15H2,1-3H3,(H2,22,24,25);1H. The number of ether oxygens (including phenoxy) is 1. The van der Waals surface area contributed by atoms with E-state index in [0.29, 0.717) is 12.6 Å². The number of anilines is 1. The Morgan fingerprint density at radius 2 is 2.11 bits per heavy atom. The Morgan fingerprint density at radius 1 is 1.29 bits per heavy atom. The van der Waals surface area contributed by atoms with Gasteiger partial charge in [-0.05, 0) is 43.5 Å². The summed E-state index contributed by atoms with van der Waals surface area (Å²) in [4.78, 5) is 11.2. The first-order valence-corrected chi connectivity index (χ1v) is 9.47. The van der Waals surface area contributed by atoms with Crippen molar-refractivity contribution >= 4 is 35.6 Å². The first kappa shape index (κ1) is 22.3. The zero-order valence-corrected chi connectivity index (χ0v) is 19.1. The minimum atomic E-state index is 0. The molecule has 1 atom stereocenters. The Balaban J connectivity index is 0.00000280. The van der Waals surface area contributed by atoms with Crippen molar-refractivity contribution in [1.29, 1.82) is 0 Å². The summed E-state index contributed by atoms with van der Waals surface area (Å²) in [7, 11) is 3.53. The van der Waals surface area contributed by atoms with Crippen LogP contribution in [0.25, 0.3) is 0 Å². The van der Waals surface area contributed by atoms with Crippen molar-refractivity contribution in [3.63, 3.8) is 0 Å². The van der Waals surface area contributed by atoms with E-state index in [1.54, 1.807) is 14.2 Å². The number of hydrogen-bond acceptors (Lipinski definition) is 4. The van der Waals surface area contributed by atoms with Gasteiger partial charge in [-0.1, -0.05) is 18.2 Å². The van der Waals surface area contributed by atoms with Crippen molar-refractivity contribution < 1.29 is 4.74 Å². The van der Waals surface area contributed by atoms with Crippen molar-refractivity contribution in [1.82, 2.24) is 15.6 Å². The summed E-state index contributed by atoms with van der Waals surface area (Å²) in [6.45, 7) is 4.70. The van der Waals surface area contributed by atoms with Gasteiger partial charge in [0.25, 0.3) is 0 Å². The first-order chi connectivity index (χ1) is 13.2. The lowest BCUT2D eigenvalue weighted by atomic mass is 10.0. The van der Waals surface area contributed by atoms with Crippen LogP contribution in [-0.4, -0.2) is 44.2 Å². The van der Waals surface area contributed by atoms with Crippen LogP contribution in [0.15, 0.2) is 47.6 Å². The quantitative estimate of drug-likeness (QED) is 0.379. The van der Waals surface area contributed by atoms with E-state index in [1.165, 1.54) is 5.56 Å². The molecule has 0 radical (unpaired) electrons. The SMILES string of the molecule is CN=C(NCc1ncccc1C)NC1CCCN(c2ccccc2OC)C1.I. The molecular formula is C21H30IN5O. The molecule has 1 fully saturated rings. The zero-order chi connectivity index (χ0) is 19.1. The number of aryl methyl sites for hydroxylation is 1. The van der Waals surface area contributed by atoms with E-state index < -0.39 is 0 Å². The van der Waals surface area contributed by atoms with Crippen LogP contribution in [-0.2, 0) is 6.54 Å². The molecule has 6 nitrogen and oxygen atoms in total. The first-order valence-electron chi connectivity index (χ1n) is 9.47. The maximum absolute atomic E-state index is 5.53. The minimum absolute atomic E-state index is 0. The van der Waals surface area contributed by atoms with Gasteiger partial charge in [-0.3, -0.25) is 9.98 Å². The summed E-state index contributed by atoms with van der Waals surface area (Å²) < 4.78 is 5.53. The molecule has 0 saturated carbocycles. The predicted molar refractivity (Wildman–Crippen MR) is 126 cm³/mol. The van der Waals surface area contributed by atoms with Gasteiger partial charge in [0.05, 0.1) is 25.0 Å². The molecule has 0 aliphatic carbocycles. The fourth-order valence-electron chi connectivity index (χ4n) is 3.46. The third-order valence-corrected chi connectivity index (χ3v) is 4.95. The second-order valence-corrected chi connectivity index (χ2v) is 6.79. The fraction of sp³-hybridized carbons (Fsp3) is 0.429. The van der Waals surface area contributed by atoms with Gasteiger partial charge in [0, 0.05) is 32.4 Å². The smallest absolute Gasteiger partial charge is 0.191 e. The zero-order valence-electron chi connectivity index (χ0n) is 16.8. The normalized spacial score (nSPS) is 16.9. The second-order valence-electron chi connectivity index (χ2n) is 6.79. The maximum Gasteiger partial charge on any atom is 0.191 e. The number of para-hydroxylation sites is 2. The monoisotopic (exact) mass is 495 g/mol. The van der Waals surface area contributed by atoms with Crippen LogP contribution in [0, 0.1) is 6.92 Å². The van der Waals surface area contributed by atoms with Gasteiger partial charge in [0.15, 0.2) is 5.96 Å². The number of nitrogens with zero attached hydrogens (tertiary/aromatic N) is 3. The highest BCUT2D eigenvalue weighted by Crippen LogP contribution is 2.29. The average molecular weight is 495 g/mol. The molecule has 3 rings (SSSR count). The molecule has 1 aromatic heterocycles. The summed E-state index contributed by atoms with van der Waals surface area (Å²) in [5, 5.41) is 6.95. The van der Waals surface area contributed by atoms with Crippen molar-refractivity contribution in [2.24, 2.45) is 4.99 Å². The Kier molecular flexibility index (Phi) is 8.82. The third-order valence-electron chi connectivity index (χ3n) is 4.95. The number of methoxy groups -OCH3 is 1. The Morgan fingerprint density at radius 3 is 2.86 bits per heavy atom. The van der Waals surface area contributed by atoms with Crippen LogP contribution in [0.4, 0.5) is 5.69 Å². The summed E-state index contributed by atoms with van der Waals surface area (Å²) in [5.74, 6) is 1.73. The van der Waals surface area contributed by atoms with Crippen LogP contribution < -0.4 is 20.3 Å². The molecule has 2 N–H and O–H groups in total. The average Bonchev–Trinajstić information content (AvgIpc) is 2.72.